The third-order valence-corrected chi connectivity index (χ3v) is 3.11. The molecule has 0 aromatic carbocycles. The van der Waals surface area contributed by atoms with Crippen LogP contribution in [0.1, 0.15) is 58.1 Å². The Labute approximate surface area is 99.8 Å². The predicted molar refractivity (Wildman–Crippen MR) is 70.3 cm³/mol. The minimum absolute atomic E-state index is 0.215. The van der Waals surface area contributed by atoms with Gasteiger partial charge < -0.3 is 10.3 Å². The molecule has 92 valence electrons. The summed E-state index contributed by atoms with van der Waals surface area (Å²) in [6, 6.07) is 2.38. The molecule has 2 unspecified atom stereocenters. The third-order valence-electron chi connectivity index (χ3n) is 3.11. The molecule has 0 spiro atoms. The second kappa shape index (κ2) is 6.74. The van der Waals surface area contributed by atoms with E-state index in [9.17, 15) is 0 Å². The lowest BCUT2D eigenvalue weighted by molar-refractivity contribution is 0.446. The average molecular weight is 222 g/mol. The Bertz CT molecular complexity index is 291. The molecule has 0 saturated carbocycles. The van der Waals surface area contributed by atoms with Crippen molar-refractivity contribution in [2.24, 2.45) is 11.7 Å². The van der Waals surface area contributed by atoms with Crippen LogP contribution in [0.25, 0.3) is 0 Å². The molecule has 16 heavy (non-hydrogen) atoms. The first-order valence-electron chi connectivity index (χ1n) is 6.58. The standard InChI is InChI=1S/C14H26N2/c1-4-6-12(3)10-16-9-8-13(11-16)14(15)7-5-2/h8-9,11-12,14H,4-7,10,15H2,1-3H3. The van der Waals surface area contributed by atoms with E-state index < -0.39 is 0 Å². The summed E-state index contributed by atoms with van der Waals surface area (Å²) in [5, 5.41) is 0. The molecule has 2 nitrogen and oxygen atoms in total. The van der Waals surface area contributed by atoms with Crippen molar-refractivity contribution in [1.82, 2.24) is 4.57 Å². The van der Waals surface area contributed by atoms with Gasteiger partial charge in [0, 0.05) is 25.0 Å². The number of nitrogens with zero attached hydrogens (tertiary/aromatic N) is 1. The van der Waals surface area contributed by atoms with Gasteiger partial charge in [-0.3, -0.25) is 0 Å². The summed E-state index contributed by atoms with van der Waals surface area (Å²) >= 11 is 0. The van der Waals surface area contributed by atoms with Crippen molar-refractivity contribution >= 4 is 0 Å². The molecule has 2 heteroatoms. The lowest BCUT2D eigenvalue weighted by atomic mass is 10.1. The summed E-state index contributed by atoms with van der Waals surface area (Å²) in [4.78, 5) is 0. The van der Waals surface area contributed by atoms with Crippen LogP contribution < -0.4 is 5.73 Å². The fourth-order valence-electron chi connectivity index (χ4n) is 2.21. The van der Waals surface area contributed by atoms with Crippen LogP contribution in [0.4, 0.5) is 0 Å². The van der Waals surface area contributed by atoms with Crippen molar-refractivity contribution in [3.63, 3.8) is 0 Å². The second-order valence-electron chi connectivity index (χ2n) is 4.93. The molecule has 0 aliphatic heterocycles. The summed E-state index contributed by atoms with van der Waals surface area (Å²) in [6.07, 6.45) is 9.18. The van der Waals surface area contributed by atoms with E-state index >= 15 is 0 Å². The summed E-state index contributed by atoms with van der Waals surface area (Å²) in [5.41, 5.74) is 7.38. The van der Waals surface area contributed by atoms with E-state index in [-0.39, 0.29) is 6.04 Å². The number of rotatable bonds is 7. The van der Waals surface area contributed by atoms with Crippen molar-refractivity contribution in [3.8, 4) is 0 Å². The second-order valence-corrected chi connectivity index (χ2v) is 4.93. The molecule has 0 bridgehead atoms. The lowest BCUT2D eigenvalue weighted by Crippen LogP contribution is -2.09. The minimum Gasteiger partial charge on any atom is -0.354 e. The first kappa shape index (κ1) is 13.3. The molecule has 0 fully saturated rings. The molecule has 0 aliphatic rings. The first-order valence-corrected chi connectivity index (χ1v) is 6.58. The zero-order valence-corrected chi connectivity index (χ0v) is 10.9. The zero-order chi connectivity index (χ0) is 12.0. The Kier molecular flexibility index (Phi) is 5.61. The molecule has 0 aliphatic carbocycles. The quantitative estimate of drug-likeness (QED) is 0.749. The summed E-state index contributed by atoms with van der Waals surface area (Å²) in [7, 11) is 0. The number of hydrogen-bond donors (Lipinski definition) is 1. The van der Waals surface area contributed by atoms with Gasteiger partial charge in [0.25, 0.3) is 0 Å². The largest absolute Gasteiger partial charge is 0.354 e. The van der Waals surface area contributed by atoms with E-state index in [0.29, 0.717) is 0 Å². The number of hydrogen-bond acceptors (Lipinski definition) is 1. The fourth-order valence-corrected chi connectivity index (χ4v) is 2.21. The van der Waals surface area contributed by atoms with Crippen LogP contribution in [0.15, 0.2) is 18.5 Å². The van der Waals surface area contributed by atoms with Gasteiger partial charge in [-0.05, 0) is 30.4 Å². The van der Waals surface area contributed by atoms with Crippen molar-refractivity contribution in [3.05, 3.63) is 24.0 Å². The number of nitrogens with two attached hydrogens (primary N) is 1. The average Bonchev–Trinajstić information content (AvgIpc) is 2.67. The number of aromatic nitrogens is 1. The molecule has 0 saturated heterocycles. The van der Waals surface area contributed by atoms with Crippen LogP contribution in [-0.4, -0.2) is 4.57 Å². The van der Waals surface area contributed by atoms with Gasteiger partial charge in [0.1, 0.15) is 0 Å². The van der Waals surface area contributed by atoms with Crippen LogP contribution in [-0.2, 0) is 6.54 Å². The molecule has 1 heterocycles. The Hall–Kier alpha value is -0.760. The van der Waals surface area contributed by atoms with E-state index in [1.807, 2.05) is 0 Å². The Balaban J connectivity index is 2.50. The topological polar surface area (TPSA) is 30.9 Å². The van der Waals surface area contributed by atoms with Crippen LogP contribution in [0.3, 0.4) is 0 Å². The smallest absolute Gasteiger partial charge is 0.0309 e. The van der Waals surface area contributed by atoms with E-state index in [2.05, 4.69) is 43.8 Å². The molecule has 0 radical (unpaired) electrons. The Morgan fingerprint density at radius 1 is 1.25 bits per heavy atom. The van der Waals surface area contributed by atoms with Gasteiger partial charge in [-0.15, -0.1) is 0 Å². The molecular weight excluding hydrogens is 196 g/mol. The van der Waals surface area contributed by atoms with Gasteiger partial charge in [0.15, 0.2) is 0 Å². The lowest BCUT2D eigenvalue weighted by Gasteiger charge is -2.11. The fraction of sp³-hybridized carbons (Fsp3) is 0.714. The van der Waals surface area contributed by atoms with Crippen molar-refractivity contribution in [1.29, 1.82) is 0 Å². The monoisotopic (exact) mass is 222 g/mol. The molecule has 1 rings (SSSR count). The molecule has 2 N–H and O–H groups in total. The minimum atomic E-state index is 0.215. The van der Waals surface area contributed by atoms with Crippen molar-refractivity contribution < 1.29 is 0 Å². The summed E-state index contributed by atoms with van der Waals surface area (Å²) < 4.78 is 2.28. The van der Waals surface area contributed by atoms with Gasteiger partial charge in [0.05, 0.1) is 0 Å². The van der Waals surface area contributed by atoms with Crippen molar-refractivity contribution in [2.75, 3.05) is 0 Å². The molecule has 1 aromatic heterocycles. The van der Waals surface area contributed by atoms with Gasteiger partial charge in [-0.25, -0.2) is 0 Å². The van der Waals surface area contributed by atoms with E-state index in [4.69, 9.17) is 5.73 Å². The molecular formula is C14H26N2. The van der Waals surface area contributed by atoms with Gasteiger partial charge in [-0.2, -0.15) is 0 Å². The Morgan fingerprint density at radius 3 is 2.56 bits per heavy atom. The van der Waals surface area contributed by atoms with E-state index in [1.165, 1.54) is 18.4 Å². The third kappa shape index (κ3) is 4.01. The highest BCUT2D eigenvalue weighted by Crippen LogP contribution is 2.17. The van der Waals surface area contributed by atoms with Crippen molar-refractivity contribution in [2.45, 2.75) is 59.0 Å². The van der Waals surface area contributed by atoms with Gasteiger partial charge in [0.2, 0.25) is 0 Å². The van der Waals surface area contributed by atoms with E-state index in [1.54, 1.807) is 0 Å². The predicted octanol–water partition coefficient (Wildman–Crippen LogP) is 3.72. The zero-order valence-electron chi connectivity index (χ0n) is 10.9. The normalized spacial score (nSPS) is 15.0. The summed E-state index contributed by atoms with van der Waals surface area (Å²) in [6.45, 7) is 7.86. The highest BCUT2D eigenvalue weighted by molar-refractivity contribution is 5.14. The van der Waals surface area contributed by atoms with Crippen LogP contribution in [0.5, 0.6) is 0 Å². The van der Waals surface area contributed by atoms with Gasteiger partial charge in [-0.1, -0.05) is 33.6 Å². The van der Waals surface area contributed by atoms with E-state index in [0.717, 1.165) is 25.3 Å². The van der Waals surface area contributed by atoms with Crippen LogP contribution in [0.2, 0.25) is 0 Å². The highest BCUT2D eigenvalue weighted by Gasteiger charge is 2.07. The van der Waals surface area contributed by atoms with Crippen LogP contribution in [0, 0.1) is 5.92 Å². The Morgan fingerprint density at radius 2 is 1.94 bits per heavy atom. The maximum absolute atomic E-state index is 6.09. The molecule has 0 amide bonds. The molecule has 2 atom stereocenters. The first-order chi connectivity index (χ1) is 7.67. The summed E-state index contributed by atoms with van der Waals surface area (Å²) in [5.74, 6) is 0.757. The molecule has 1 aromatic rings. The van der Waals surface area contributed by atoms with Crippen LogP contribution >= 0.6 is 0 Å². The highest BCUT2D eigenvalue weighted by atomic mass is 14.9. The maximum Gasteiger partial charge on any atom is 0.0309 e. The van der Waals surface area contributed by atoms with Gasteiger partial charge >= 0.3 is 0 Å². The SMILES string of the molecule is CCCC(C)Cn1ccc(C(N)CCC)c1. The maximum atomic E-state index is 6.09.